The molecule has 20 heavy (non-hydrogen) atoms. The number of nitrogens with zero attached hydrogens (tertiary/aromatic N) is 1. The summed E-state index contributed by atoms with van der Waals surface area (Å²) in [5.74, 6) is -0.402. The van der Waals surface area contributed by atoms with Crippen LogP contribution >= 0.6 is 27.5 Å². The lowest BCUT2D eigenvalue weighted by Crippen LogP contribution is -2.03. The van der Waals surface area contributed by atoms with Crippen molar-refractivity contribution in [1.29, 1.82) is 0 Å². The van der Waals surface area contributed by atoms with Gasteiger partial charge in [0.1, 0.15) is 5.82 Å². The molecule has 0 aliphatic heterocycles. The number of hydrogen-bond acceptors (Lipinski definition) is 3. The number of hydrogen-bond donors (Lipinski definition) is 1. The lowest BCUT2D eigenvalue weighted by Gasteiger charge is -2.08. The van der Waals surface area contributed by atoms with Gasteiger partial charge in [0.05, 0.1) is 9.40 Å². The van der Waals surface area contributed by atoms with Crippen molar-refractivity contribution in [1.82, 2.24) is 0 Å². The summed E-state index contributed by atoms with van der Waals surface area (Å²) in [6, 6.07) is 8.99. The number of anilines is 1. The summed E-state index contributed by atoms with van der Waals surface area (Å²) in [6.07, 6.45) is 0. The third kappa shape index (κ3) is 3.46. The van der Waals surface area contributed by atoms with Crippen LogP contribution in [-0.4, -0.2) is 4.92 Å². The van der Waals surface area contributed by atoms with E-state index in [0.29, 0.717) is 20.7 Å². The first-order chi connectivity index (χ1) is 9.47. The van der Waals surface area contributed by atoms with E-state index in [1.165, 1.54) is 12.1 Å². The monoisotopic (exact) mass is 358 g/mol. The lowest BCUT2D eigenvalue weighted by atomic mass is 10.1. The van der Waals surface area contributed by atoms with E-state index in [-0.39, 0.29) is 12.2 Å². The van der Waals surface area contributed by atoms with Gasteiger partial charge in [0, 0.05) is 28.9 Å². The molecule has 2 aromatic carbocycles. The average Bonchev–Trinajstić information content (AvgIpc) is 2.41. The molecule has 0 aromatic heterocycles. The Kier molecular flexibility index (Phi) is 4.57. The van der Waals surface area contributed by atoms with E-state index in [0.717, 1.165) is 0 Å². The molecule has 0 unspecified atom stereocenters. The minimum atomic E-state index is -0.495. The van der Waals surface area contributed by atoms with Gasteiger partial charge in [-0.3, -0.25) is 10.1 Å². The van der Waals surface area contributed by atoms with Crippen molar-refractivity contribution in [3.63, 3.8) is 0 Å². The zero-order valence-electron chi connectivity index (χ0n) is 10.1. The van der Waals surface area contributed by atoms with E-state index in [4.69, 9.17) is 11.6 Å². The quantitative estimate of drug-likeness (QED) is 0.632. The number of halogens is 3. The molecule has 4 nitrogen and oxygen atoms in total. The minimum absolute atomic E-state index is 0.0671. The molecular weight excluding hydrogens is 351 g/mol. The van der Waals surface area contributed by atoms with Gasteiger partial charge in [0.2, 0.25) is 0 Å². The van der Waals surface area contributed by atoms with E-state index in [2.05, 4.69) is 21.2 Å². The second-order valence-corrected chi connectivity index (χ2v) is 5.30. The molecule has 1 N–H and O–H groups in total. The zero-order chi connectivity index (χ0) is 14.7. The highest BCUT2D eigenvalue weighted by atomic mass is 79.9. The molecule has 0 spiro atoms. The predicted molar refractivity (Wildman–Crippen MR) is 79.5 cm³/mol. The topological polar surface area (TPSA) is 55.2 Å². The maximum absolute atomic E-state index is 13.4. The Morgan fingerprint density at radius 2 is 2.05 bits per heavy atom. The highest BCUT2D eigenvalue weighted by Crippen LogP contribution is 2.25. The van der Waals surface area contributed by atoms with Crippen LogP contribution in [0.1, 0.15) is 5.56 Å². The molecule has 0 amide bonds. The van der Waals surface area contributed by atoms with E-state index < -0.39 is 10.7 Å². The second kappa shape index (κ2) is 6.19. The summed E-state index contributed by atoms with van der Waals surface area (Å²) in [5, 5.41) is 14.2. The van der Waals surface area contributed by atoms with Crippen molar-refractivity contribution in [2.24, 2.45) is 0 Å². The van der Waals surface area contributed by atoms with Crippen LogP contribution < -0.4 is 5.32 Å². The third-order valence-corrected chi connectivity index (χ3v) is 3.52. The number of benzene rings is 2. The van der Waals surface area contributed by atoms with Crippen molar-refractivity contribution < 1.29 is 9.31 Å². The summed E-state index contributed by atoms with van der Waals surface area (Å²) in [7, 11) is 0. The predicted octanol–water partition coefficient (Wildman–Crippen LogP) is 4.76. The smallest absolute Gasteiger partial charge is 0.275 e. The van der Waals surface area contributed by atoms with Gasteiger partial charge >= 0.3 is 0 Å². The molecule has 0 fully saturated rings. The maximum Gasteiger partial charge on any atom is 0.275 e. The first-order valence-corrected chi connectivity index (χ1v) is 6.76. The Hall–Kier alpha value is -1.66. The standard InChI is InChI=1S/C13H9BrClFN2O2/c14-11-4-3-10(6-12(11)16)17-7-8-1-2-9(15)5-13(8)18(19)20/h1-6,17H,7H2. The number of nitro benzene ring substituents is 1. The van der Waals surface area contributed by atoms with Gasteiger partial charge in [-0.2, -0.15) is 0 Å². The molecule has 0 radical (unpaired) electrons. The summed E-state index contributed by atoms with van der Waals surface area (Å²) in [6.45, 7) is 0.203. The molecule has 104 valence electrons. The summed E-state index contributed by atoms with van der Waals surface area (Å²) in [4.78, 5) is 10.4. The van der Waals surface area contributed by atoms with Gasteiger partial charge in [0.15, 0.2) is 0 Å². The molecule has 7 heteroatoms. The third-order valence-electron chi connectivity index (χ3n) is 2.65. The van der Waals surface area contributed by atoms with Gasteiger partial charge < -0.3 is 5.32 Å². The van der Waals surface area contributed by atoms with Crippen LogP contribution in [0.15, 0.2) is 40.9 Å². The fraction of sp³-hybridized carbons (Fsp3) is 0.0769. The second-order valence-electron chi connectivity index (χ2n) is 4.01. The first-order valence-electron chi connectivity index (χ1n) is 5.59. The fourth-order valence-electron chi connectivity index (χ4n) is 1.66. The van der Waals surface area contributed by atoms with Crippen LogP contribution in [0.5, 0.6) is 0 Å². The van der Waals surface area contributed by atoms with E-state index in [1.54, 1.807) is 24.3 Å². The van der Waals surface area contributed by atoms with Crippen molar-refractivity contribution in [3.05, 3.63) is 67.4 Å². The minimum Gasteiger partial charge on any atom is -0.381 e. The number of rotatable bonds is 4. The fourth-order valence-corrected chi connectivity index (χ4v) is 2.07. The molecule has 0 atom stereocenters. The highest BCUT2D eigenvalue weighted by molar-refractivity contribution is 9.10. The zero-order valence-corrected chi connectivity index (χ0v) is 12.4. The Bertz CT molecular complexity index is 667. The normalized spacial score (nSPS) is 10.3. The Morgan fingerprint density at radius 1 is 1.30 bits per heavy atom. The molecule has 2 aromatic rings. The van der Waals surface area contributed by atoms with E-state index in [9.17, 15) is 14.5 Å². The van der Waals surface area contributed by atoms with Crippen LogP contribution in [-0.2, 0) is 6.54 Å². The summed E-state index contributed by atoms with van der Waals surface area (Å²) < 4.78 is 13.7. The molecule has 0 bridgehead atoms. The Balaban J connectivity index is 2.18. The summed E-state index contributed by atoms with van der Waals surface area (Å²) in [5.41, 5.74) is 0.945. The first kappa shape index (κ1) is 14.7. The van der Waals surface area contributed by atoms with Crippen molar-refractivity contribution in [3.8, 4) is 0 Å². The van der Waals surface area contributed by atoms with Crippen LogP contribution in [0.3, 0.4) is 0 Å². The Labute approximate surface area is 127 Å². The average molecular weight is 360 g/mol. The van der Waals surface area contributed by atoms with Gasteiger partial charge in [-0.1, -0.05) is 11.6 Å². The molecule has 0 saturated carbocycles. The van der Waals surface area contributed by atoms with Crippen LogP contribution in [0.4, 0.5) is 15.8 Å². The van der Waals surface area contributed by atoms with Gasteiger partial charge in [-0.15, -0.1) is 0 Å². The van der Waals surface area contributed by atoms with Gasteiger partial charge in [0.25, 0.3) is 5.69 Å². The number of nitrogens with one attached hydrogen (secondary N) is 1. The molecule has 0 heterocycles. The molecular formula is C13H9BrClFN2O2. The largest absolute Gasteiger partial charge is 0.381 e. The van der Waals surface area contributed by atoms with E-state index in [1.807, 2.05) is 0 Å². The van der Waals surface area contributed by atoms with Crippen molar-refractivity contribution >= 4 is 38.9 Å². The van der Waals surface area contributed by atoms with Crippen LogP contribution in [0.2, 0.25) is 5.02 Å². The van der Waals surface area contributed by atoms with Crippen LogP contribution in [0.25, 0.3) is 0 Å². The van der Waals surface area contributed by atoms with Gasteiger partial charge in [-0.05, 0) is 46.3 Å². The molecule has 2 rings (SSSR count). The molecule has 0 saturated heterocycles. The van der Waals surface area contributed by atoms with Gasteiger partial charge in [-0.25, -0.2) is 4.39 Å². The van der Waals surface area contributed by atoms with Crippen molar-refractivity contribution in [2.45, 2.75) is 6.54 Å². The highest BCUT2D eigenvalue weighted by Gasteiger charge is 2.14. The van der Waals surface area contributed by atoms with Crippen molar-refractivity contribution in [2.75, 3.05) is 5.32 Å². The number of nitro groups is 1. The SMILES string of the molecule is O=[N+]([O-])c1cc(Cl)ccc1CNc1ccc(Br)c(F)c1. The summed E-state index contributed by atoms with van der Waals surface area (Å²) >= 11 is 8.79. The van der Waals surface area contributed by atoms with Crippen LogP contribution in [0, 0.1) is 15.9 Å². The maximum atomic E-state index is 13.4. The lowest BCUT2D eigenvalue weighted by molar-refractivity contribution is -0.385. The Morgan fingerprint density at radius 3 is 2.70 bits per heavy atom. The molecule has 0 aliphatic carbocycles. The molecule has 0 aliphatic rings. The van der Waals surface area contributed by atoms with E-state index >= 15 is 0 Å².